The Morgan fingerprint density at radius 1 is 1.29 bits per heavy atom. The number of sulfone groups is 1. The number of fused-ring (bicyclic) bond motifs is 1. The molecule has 17 heavy (non-hydrogen) atoms. The maximum absolute atomic E-state index is 11.3. The summed E-state index contributed by atoms with van der Waals surface area (Å²) in [5.74, 6) is 0. The Morgan fingerprint density at radius 2 is 1.94 bits per heavy atom. The number of hydrogen-bond acceptors (Lipinski definition) is 4. The topological polar surface area (TPSA) is 55.2 Å². The molecule has 0 N–H and O–H groups in total. The van der Waals surface area contributed by atoms with Crippen molar-refractivity contribution in [3.63, 3.8) is 0 Å². The second-order valence-electron chi connectivity index (χ2n) is 4.06. The molecule has 0 spiro atoms. The van der Waals surface area contributed by atoms with Crippen LogP contribution in [-0.2, 0) is 22.9 Å². The predicted octanol–water partition coefficient (Wildman–Crippen LogP) is 1.15. The largest absolute Gasteiger partial charge is 0.300 e. The summed E-state index contributed by atoms with van der Waals surface area (Å²) in [6, 6.07) is 1.68. The van der Waals surface area contributed by atoms with Crippen LogP contribution in [0.25, 0.3) is 0 Å². The number of nitrogens with zero attached hydrogens (tertiary/aromatic N) is 3. The molecule has 1 aromatic rings. The lowest BCUT2D eigenvalue weighted by Gasteiger charge is -2.10. The number of rotatable bonds is 1. The highest BCUT2D eigenvalue weighted by atomic mass is 32.2. The average molecular weight is 259 g/mol. The minimum Gasteiger partial charge on any atom is -0.300 e. The maximum atomic E-state index is 11.3. The van der Waals surface area contributed by atoms with E-state index in [1.54, 1.807) is 10.7 Å². The van der Waals surface area contributed by atoms with E-state index in [-0.39, 0.29) is 5.03 Å². The van der Waals surface area contributed by atoms with Crippen LogP contribution in [0.4, 0.5) is 0 Å². The van der Waals surface area contributed by atoms with Crippen molar-refractivity contribution in [3.05, 3.63) is 11.8 Å². The van der Waals surface area contributed by atoms with Gasteiger partial charge in [0.25, 0.3) is 0 Å². The molecule has 0 bridgehead atoms. The SMILES string of the molecule is CC.CN1CCCn2nc(S(C)(=O)=O)cc2C1. The Kier molecular flexibility index (Phi) is 4.70. The van der Waals surface area contributed by atoms with Gasteiger partial charge in [0.05, 0.1) is 5.69 Å². The van der Waals surface area contributed by atoms with E-state index in [4.69, 9.17) is 0 Å². The van der Waals surface area contributed by atoms with Crippen LogP contribution >= 0.6 is 0 Å². The second-order valence-corrected chi connectivity index (χ2v) is 6.02. The standard InChI is InChI=1S/C9H15N3O2S.C2H6/c1-11-4-3-5-12-8(7-11)6-9(10-12)15(2,13)14;1-2/h6H,3-5,7H2,1-2H3;1-2H3. The van der Waals surface area contributed by atoms with E-state index >= 15 is 0 Å². The molecule has 1 aromatic heterocycles. The second kappa shape index (κ2) is 5.64. The van der Waals surface area contributed by atoms with Crippen LogP contribution in [0.3, 0.4) is 0 Å². The fraction of sp³-hybridized carbons (Fsp3) is 0.727. The highest BCUT2D eigenvalue weighted by Crippen LogP contribution is 2.15. The molecule has 6 heteroatoms. The Bertz CT molecular complexity index is 465. The molecule has 0 aromatic carbocycles. The van der Waals surface area contributed by atoms with Gasteiger partial charge in [0.15, 0.2) is 14.9 Å². The van der Waals surface area contributed by atoms with E-state index in [1.165, 1.54) is 6.26 Å². The van der Waals surface area contributed by atoms with E-state index in [9.17, 15) is 8.42 Å². The summed E-state index contributed by atoms with van der Waals surface area (Å²) in [6.07, 6.45) is 2.20. The molecule has 0 unspecified atom stereocenters. The van der Waals surface area contributed by atoms with Gasteiger partial charge in [-0.1, -0.05) is 13.8 Å². The maximum Gasteiger partial charge on any atom is 0.194 e. The third-order valence-corrected chi connectivity index (χ3v) is 3.52. The minimum absolute atomic E-state index is 0.188. The summed E-state index contributed by atoms with van der Waals surface area (Å²) in [5, 5.41) is 4.31. The molecule has 0 saturated heterocycles. The van der Waals surface area contributed by atoms with E-state index < -0.39 is 9.84 Å². The molecule has 0 aliphatic carbocycles. The normalized spacial score (nSPS) is 16.7. The van der Waals surface area contributed by atoms with Crippen molar-refractivity contribution in [2.24, 2.45) is 0 Å². The molecule has 2 rings (SSSR count). The number of hydrogen-bond donors (Lipinski definition) is 0. The smallest absolute Gasteiger partial charge is 0.194 e. The molecule has 2 heterocycles. The molecular formula is C11H21N3O2S. The molecule has 0 atom stereocenters. The van der Waals surface area contributed by atoms with Gasteiger partial charge in [-0.25, -0.2) is 8.42 Å². The van der Waals surface area contributed by atoms with E-state index in [0.717, 1.165) is 31.7 Å². The van der Waals surface area contributed by atoms with Crippen LogP contribution in [0.2, 0.25) is 0 Å². The monoisotopic (exact) mass is 259 g/mol. The average Bonchev–Trinajstić information content (AvgIpc) is 2.57. The summed E-state index contributed by atoms with van der Waals surface area (Å²) in [6.45, 7) is 6.59. The molecule has 0 fully saturated rings. The molecule has 1 aliphatic rings. The van der Waals surface area contributed by atoms with Gasteiger partial charge in [-0.2, -0.15) is 5.10 Å². The first-order valence-electron chi connectivity index (χ1n) is 5.92. The lowest BCUT2D eigenvalue weighted by molar-refractivity contribution is 0.332. The van der Waals surface area contributed by atoms with Crippen LogP contribution in [0.5, 0.6) is 0 Å². The zero-order chi connectivity index (χ0) is 13.1. The molecule has 0 radical (unpaired) electrons. The summed E-state index contributed by atoms with van der Waals surface area (Å²) >= 11 is 0. The zero-order valence-electron chi connectivity index (χ0n) is 11.0. The van der Waals surface area contributed by atoms with Crippen molar-refractivity contribution in [2.75, 3.05) is 19.8 Å². The summed E-state index contributed by atoms with van der Waals surface area (Å²) in [4.78, 5) is 2.17. The minimum atomic E-state index is -3.18. The van der Waals surface area contributed by atoms with Gasteiger partial charge in [0.1, 0.15) is 0 Å². The van der Waals surface area contributed by atoms with Crippen LogP contribution in [0.1, 0.15) is 26.0 Å². The van der Waals surface area contributed by atoms with Crippen molar-refractivity contribution in [1.82, 2.24) is 14.7 Å². The van der Waals surface area contributed by atoms with Crippen molar-refractivity contribution in [2.45, 2.75) is 38.4 Å². The van der Waals surface area contributed by atoms with Gasteiger partial charge in [0.2, 0.25) is 0 Å². The third-order valence-electron chi connectivity index (χ3n) is 2.56. The van der Waals surface area contributed by atoms with Crippen molar-refractivity contribution < 1.29 is 8.42 Å². The molecule has 0 saturated carbocycles. The van der Waals surface area contributed by atoms with Crippen LogP contribution < -0.4 is 0 Å². The van der Waals surface area contributed by atoms with Gasteiger partial charge in [-0.15, -0.1) is 0 Å². The molecule has 0 amide bonds. The molecule has 1 aliphatic heterocycles. The highest BCUT2D eigenvalue weighted by molar-refractivity contribution is 7.90. The Labute approximate surface area is 103 Å². The Morgan fingerprint density at radius 3 is 2.53 bits per heavy atom. The van der Waals surface area contributed by atoms with Gasteiger partial charge in [0, 0.05) is 25.9 Å². The quantitative estimate of drug-likeness (QED) is 0.759. The molecular weight excluding hydrogens is 238 g/mol. The van der Waals surface area contributed by atoms with Gasteiger partial charge >= 0.3 is 0 Å². The third kappa shape index (κ3) is 3.54. The van der Waals surface area contributed by atoms with Gasteiger partial charge < -0.3 is 4.90 Å². The fourth-order valence-corrected chi connectivity index (χ4v) is 2.37. The lowest BCUT2D eigenvalue weighted by Crippen LogP contribution is -2.17. The zero-order valence-corrected chi connectivity index (χ0v) is 11.8. The number of aryl methyl sites for hydroxylation is 1. The molecule has 5 nitrogen and oxygen atoms in total. The van der Waals surface area contributed by atoms with E-state index in [2.05, 4.69) is 10.00 Å². The van der Waals surface area contributed by atoms with Crippen LogP contribution in [-0.4, -0.2) is 42.9 Å². The van der Waals surface area contributed by atoms with E-state index in [0.29, 0.717) is 0 Å². The van der Waals surface area contributed by atoms with Crippen LogP contribution in [0.15, 0.2) is 11.1 Å². The summed E-state index contributed by atoms with van der Waals surface area (Å²) in [5.41, 5.74) is 0.982. The van der Waals surface area contributed by atoms with Crippen LogP contribution in [0, 0.1) is 0 Å². The van der Waals surface area contributed by atoms with E-state index in [1.807, 2.05) is 20.9 Å². The van der Waals surface area contributed by atoms with Gasteiger partial charge in [-0.3, -0.25) is 4.68 Å². The first-order valence-corrected chi connectivity index (χ1v) is 7.81. The highest BCUT2D eigenvalue weighted by Gasteiger charge is 2.18. The van der Waals surface area contributed by atoms with Crippen molar-refractivity contribution >= 4 is 9.84 Å². The first kappa shape index (κ1) is 14.2. The molecule has 98 valence electrons. The number of aromatic nitrogens is 2. The predicted molar refractivity (Wildman–Crippen MR) is 67.6 cm³/mol. The summed E-state index contributed by atoms with van der Waals surface area (Å²) < 4.78 is 24.5. The first-order chi connectivity index (χ1) is 7.97. The summed E-state index contributed by atoms with van der Waals surface area (Å²) in [7, 11) is -1.15. The lowest BCUT2D eigenvalue weighted by atomic mass is 10.4. The van der Waals surface area contributed by atoms with Gasteiger partial charge in [-0.05, 0) is 19.5 Å². The fourth-order valence-electron chi connectivity index (χ4n) is 1.78. The van der Waals surface area contributed by atoms with Crippen molar-refractivity contribution in [1.29, 1.82) is 0 Å². The van der Waals surface area contributed by atoms with Crippen molar-refractivity contribution in [3.8, 4) is 0 Å². The Hall–Kier alpha value is -0.880. The Balaban J connectivity index is 0.000000686.